The zero-order valence-corrected chi connectivity index (χ0v) is 15.0. The molecule has 0 atom stereocenters. The number of morpholine rings is 1. The average molecular weight is 360 g/mol. The Bertz CT molecular complexity index is 728. The van der Waals surface area contributed by atoms with E-state index in [-0.39, 0.29) is 12.5 Å². The molecule has 0 saturated carbocycles. The summed E-state index contributed by atoms with van der Waals surface area (Å²) in [5.74, 6) is -0.0986. The van der Waals surface area contributed by atoms with Gasteiger partial charge in [0.1, 0.15) is 0 Å². The smallest absolute Gasteiger partial charge is 0.243 e. The Kier molecular flexibility index (Phi) is 5.79. The SMILES string of the molecule is Cc1c(Cl)cccc1NCC(=O)Nc1ccc(N2CCOCC2)cc1. The van der Waals surface area contributed by atoms with Gasteiger partial charge < -0.3 is 20.3 Å². The first-order valence-corrected chi connectivity index (χ1v) is 8.73. The highest BCUT2D eigenvalue weighted by Gasteiger charge is 2.11. The molecule has 132 valence electrons. The second-order valence-corrected chi connectivity index (χ2v) is 6.37. The summed E-state index contributed by atoms with van der Waals surface area (Å²) in [4.78, 5) is 14.4. The van der Waals surface area contributed by atoms with E-state index < -0.39 is 0 Å². The predicted octanol–water partition coefficient (Wildman–Crippen LogP) is 3.54. The van der Waals surface area contributed by atoms with Crippen LogP contribution < -0.4 is 15.5 Å². The highest BCUT2D eigenvalue weighted by atomic mass is 35.5. The lowest BCUT2D eigenvalue weighted by atomic mass is 10.2. The minimum Gasteiger partial charge on any atom is -0.378 e. The van der Waals surface area contributed by atoms with Crippen LogP contribution in [0.5, 0.6) is 0 Å². The van der Waals surface area contributed by atoms with Crippen LogP contribution in [0.25, 0.3) is 0 Å². The molecule has 0 aromatic heterocycles. The van der Waals surface area contributed by atoms with E-state index in [4.69, 9.17) is 16.3 Å². The standard InChI is InChI=1S/C19H22ClN3O2/c1-14-17(20)3-2-4-18(14)21-13-19(24)22-15-5-7-16(8-6-15)23-9-11-25-12-10-23/h2-8,21H,9-13H2,1H3,(H,22,24). The van der Waals surface area contributed by atoms with E-state index in [1.165, 1.54) is 0 Å². The summed E-state index contributed by atoms with van der Waals surface area (Å²) in [5, 5.41) is 6.70. The summed E-state index contributed by atoms with van der Waals surface area (Å²) in [6.45, 7) is 5.42. The molecule has 1 aliphatic heterocycles. The largest absolute Gasteiger partial charge is 0.378 e. The molecule has 0 radical (unpaired) electrons. The third-order valence-corrected chi connectivity index (χ3v) is 4.64. The number of halogens is 1. The average Bonchev–Trinajstić information content (AvgIpc) is 2.64. The second kappa shape index (κ2) is 8.23. The molecule has 0 spiro atoms. The van der Waals surface area contributed by atoms with Crippen molar-refractivity contribution < 1.29 is 9.53 Å². The summed E-state index contributed by atoms with van der Waals surface area (Å²) in [7, 11) is 0. The van der Waals surface area contributed by atoms with Crippen LogP contribution in [0.2, 0.25) is 5.02 Å². The maximum atomic E-state index is 12.1. The fourth-order valence-electron chi connectivity index (χ4n) is 2.76. The zero-order valence-electron chi connectivity index (χ0n) is 14.2. The van der Waals surface area contributed by atoms with Crippen molar-refractivity contribution in [2.45, 2.75) is 6.92 Å². The number of ether oxygens (including phenoxy) is 1. The van der Waals surface area contributed by atoms with Crippen molar-refractivity contribution in [1.29, 1.82) is 0 Å². The van der Waals surface area contributed by atoms with Gasteiger partial charge in [-0.15, -0.1) is 0 Å². The van der Waals surface area contributed by atoms with Gasteiger partial charge in [-0.05, 0) is 48.9 Å². The summed E-state index contributed by atoms with van der Waals surface area (Å²) in [6, 6.07) is 13.5. The molecule has 2 aromatic rings. The van der Waals surface area contributed by atoms with Crippen molar-refractivity contribution in [2.24, 2.45) is 0 Å². The Morgan fingerprint density at radius 1 is 1.16 bits per heavy atom. The van der Waals surface area contributed by atoms with Gasteiger partial charge >= 0.3 is 0 Å². The molecule has 2 N–H and O–H groups in total. The van der Waals surface area contributed by atoms with Crippen molar-refractivity contribution in [3.8, 4) is 0 Å². The number of nitrogens with one attached hydrogen (secondary N) is 2. The highest BCUT2D eigenvalue weighted by molar-refractivity contribution is 6.31. The van der Waals surface area contributed by atoms with Gasteiger partial charge in [-0.1, -0.05) is 17.7 Å². The highest BCUT2D eigenvalue weighted by Crippen LogP contribution is 2.23. The number of benzene rings is 2. The number of carbonyl (C=O) groups is 1. The van der Waals surface area contributed by atoms with Gasteiger partial charge in [0.15, 0.2) is 0 Å². The van der Waals surface area contributed by atoms with Crippen molar-refractivity contribution in [3.63, 3.8) is 0 Å². The fraction of sp³-hybridized carbons (Fsp3) is 0.316. The van der Waals surface area contributed by atoms with Gasteiger partial charge in [-0.2, -0.15) is 0 Å². The Labute approximate surface area is 152 Å². The van der Waals surface area contributed by atoms with Crippen molar-refractivity contribution in [1.82, 2.24) is 0 Å². The number of hydrogen-bond donors (Lipinski definition) is 2. The quantitative estimate of drug-likeness (QED) is 0.857. The predicted molar refractivity (Wildman–Crippen MR) is 103 cm³/mol. The Morgan fingerprint density at radius 2 is 1.88 bits per heavy atom. The maximum absolute atomic E-state index is 12.1. The van der Waals surface area contributed by atoms with E-state index >= 15 is 0 Å². The van der Waals surface area contributed by atoms with Crippen LogP contribution in [0, 0.1) is 6.92 Å². The van der Waals surface area contributed by atoms with E-state index in [1.54, 1.807) is 0 Å². The molecular formula is C19H22ClN3O2. The van der Waals surface area contributed by atoms with Gasteiger partial charge in [0, 0.05) is 35.2 Å². The molecule has 5 nitrogen and oxygen atoms in total. The van der Waals surface area contributed by atoms with Crippen LogP contribution in [0.1, 0.15) is 5.56 Å². The molecule has 3 rings (SSSR count). The van der Waals surface area contributed by atoms with Crippen LogP contribution in [0.3, 0.4) is 0 Å². The first-order valence-electron chi connectivity index (χ1n) is 8.35. The Balaban J connectivity index is 1.53. The lowest BCUT2D eigenvalue weighted by Gasteiger charge is -2.28. The number of nitrogens with zero attached hydrogens (tertiary/aromatic N) is 1. The van der Waals surface area contributed by atoms with Gasteiger partial charge in [0.2, 0.25) is 5.91 Å². The Hall–Kier alpha value is -2.24. The van der Waals surface area contributed by atoms with Gasteiger partial charge in [-0.3, -0.25) is 4.79 Å². The molecule has 1 amide bonds. The van der Waals surface area contributed by atoms with Crippen LogP contribution in [-0.2, 0) is 9.53 Å². The topological polar surface area (TPSA) is 53.6 Å². The van der Waals surface area contributed by atoms with Crippen molar-refractivity contribution in [2.75, 3.05) is 48.4 Å². The second-order valence-electron chi connectivity index (χ2n) is 5.96. The minimum atomic E-state index is -0.0986. The zero-order chi connectivity index (χ0) is 17.6. The number of carbonyl (C=O) groups excluding carboxylic acids is 1. The third-order valence-electron chi connectivity index (χ3n) is 4.23. The first kappa shape index (κ1) is 17.6. The number of hydrogen-bond acceptors (Lipinski definition) is 4. The normalized spacial score (nSPS) is 14.2. The van der Waals surface area contributed by atoms with E-state index in [0.29, 0.717) is 5.02 Å². The number of amides is 1. The minimum absolute atomic E-state index is 0.0986. The van der Waals surface area contributed by atoms with Crippen LogP contribution in [0.15, 0.2) is 42.5 Å². The molecular weight excluding hydrogens is 338 g/mol. The molecule has 1 heterocycles. The van der Waals surface area contributed by atoms with E-state index in [1.807, 2.05) is 49.4 Å². The van der Waals surface area contributed by atoms with Crippen molar-refractivity contribution in [3.05, 3.63) is 53.1 Å². The van der Waals surface area contributed by atoms with Gasteiger partial charge in [-0.25, -0.2) is 0 Å². The molecule has 1 saturated heterocycles. The molecule has 0 bridgehead atoms. The molecule has 1 aliphatic rings. The maximum Gasteiger partial charge on any atom is 0.243 e. The summed E-state index contributed by atoms with van der Waals surface area (Å²) in [5.41, 5.74) is 3.73. The van der Waals surface area contributed by atoms with Crippen LogP contribution >= 0.6 is 11.6 Å². The number of rotatable bonds is 5. The molecule has 25 heavy (non-hydrogen) atoms. The van der Waals surface area contributed by atoms with E-state index in [2.05, 4.69) is 15.5 Å². The molecule has 0 unspecified atom stereocenters. The van der Waals surface area contributed by atoms with E-state index in [9.17, 15) is 4.79 Å². The van der Waals surface area contributed by atoms with Gasteiger partial charge in [0.25, 0.3) is 0 Å². The molecule has 1 fully saturated rings. The lowest BCUT2D eigenvalue weighted by Crippen LogP contribution is -2.36. The van der Waals surface area contributed by atoms with Gasteiger partial charge in [0.05, 0.1) is 19.8 Å². The Morgan fingerprint density at radius 3 is 2.60 bits per heavy atom. The summed E-state index contributed by atoms with van der Waals surface area (Å²) >= 11 is 6.09. The molecule has 6 heteroatoms. The summed E-state index contributed by atoms with van der Waals surface area (Å²) in [6.07, 6.45) is 0. The third kappa shape index (κ3) is 4.65. The van der Waals surface area contributed by atoms with Crippen LogP contribution in [-0.4, -0.2) is 38.8 Å². The molecule has 2 aromatic carbocycles. The first-order chi connectivity index (χ1) is 12.1. The fourth-order valence-corrected chi connectivity index (χ4v) is 2.93. The lowest BCUT2D eigenvalue weighted by molar-refractivity contribution is -0.114. The van der Waals surface area contributed by atoms with E-state index in [0.717, 1.165) is 48.9 Å². The summed E-state index contributed by atoms with van der Waals surface area (Å²) < 4.78 is 5.36. The molecule has 0 aliphatic carbocycles. The van der Waals surface area contributed by atoms with Crippen molar-refractivity contribution >= 4 is 34.6 Å². The van der Waals surface area contributed by atoms with Crippen LogP contribution in [0.4, 0.5) is 17.1 Å². The number of anilines is 3. The monoisotopic (exact) mass is 359 g/mol.